The Morgan fingerprint density at radius 1 is 1.38 bits per heavy atom. The average Bonchev–Trinajstić information content (AvgIpc) is 2.27. The molecule has 1 aromatic rings. The molecule has 16 heavy (non-hydrogen) atoms. The summed E-state index contributed by atoms with van der Waals surface area (Å²) in [6.07, 6.45) is 0.417. The Bertz CT molecular complexity index is 336. The van der Waals surface area contributed by atoms with E-state index in [9.17, 15) is 4.79 Å². The van der Waals surface area contributed by atoms with Crippen LogP contribution in [-0.4, -0.2) is 18.1 Å². The van der Waals surface area contributed by atoms with Gasteiger partial charge in [-0.2, -0.15) is 0 Å². The highest BCUT2D eigenvalue weighted by Crippen LogP contribution is 2.09. The first-order chi connectivity index (χ1) is 7.56. The number of rotatable bonds is 5. The van der Waals surface area contributed by atoms with Crippen molar-refractivity contribution in [2.24, 2.45) is 11.5 Å². The van der Waals surface area contributed by atoms with Gasteiger partial charge in [0.15, 0.2) is 0 Å². The zero-order valence-corrected chi connectivity index (χ0v) is 9.48. The fraction of sp³-hybridized carbons (Fsp3) is 0.417. The molecule has 88 valence electrons. The Morgan fingerprint density at radius 3 is 2.56 bits per heavy atom. The highest BCUT2D eigenvalue weighted by atomic mass is 16.5. The van der Waals surface area contributed by atoms with E-state index in [1.54, 1.807) is 6.92 Å². The maximum atomic E-state index is 11.6. The summed E-state index contributed by atoms with van der Waals surface area (Å²) >= 11 is 0. The van der Waals surface area contributed by atoms with Crippen molar-refractivity contribution < 1.29 is 9.53 Å². The third-order valence-electron chi connectivity index (χ3n) is 2.34. The number of hydrogen-bond acceptors (Lipinski definition) is 4. The predicted octanol–water partition coefficient (Wildman–Crippen LogP) is 0.796. The fourth-order valence-electron chi connectivity index (χ4n) is 1.29. The van der Waals surface area contributed by atoms with Crippen molar-refractivity contribution in [3.05, 3.63) is 35.9 Å². The third-order valence-corrected chi connectivity index (χ3v) is 2.34. The predicted molar refractivity (Wildman–Crippen MR) is 62.5 cm³/mol. The van der Waals surface area contributed by atoms with E-state index in [0.29, 0.717) is 13.0 Å². The lowest BCUT2D eigenvalue weighted by molar-refractivity contribution is -0.151. The second-order valence-corrected chi connectivity index (χ2v) is 4.02. The fourth-order valence-corrected chi connectivity index (χ4v) is 1.29. The molecule has 1 rings (SSSR count). The van der Waals surface area contributed by atoms with Gasteiger partial charge in [0.25, 0.3) is 0 Å². The maximum Gasteiger partial charge on any atom is 0.326 e. The molecule has 0 amide bonds. The molecule has 0 radical (unpaired) electrons. The quantitative estimate of drug-likeness (QED) is 0.722. The molecule has 0 unspecified atom stereocenters. The second kappa shape index (κ2) is 5.63. The molecule has 1 atom stereocenters. The molecule has 0 bridgehead atoms. The number of carbonyl (C=O) groups is 1. The number of benzene rings is 1. The molecule has 0 saturated heterocycles. The molecule has 4 N–H and O–H groups in total. The minimum atomic E-state index is -0.996. The molecule has 4 heteroatoms. The van der Waals surface area contributed by atoms with Gasteiger partial charge in [0.2, 0.25) is 0 Å². The monoisotopic (exact) mass is 222 g/mol. The van der Waals surface area contributed by atoms with Crippen LogP contribution in [-0.2, 0) is 16.1 Å². The van der Waals surface area contributed by atoms with E-state index in [2.05, 4.69) is 0 Å². The first-order valence-corrected chi connectivity index (χ1v) is 5.26. The Labute approximate surface area is 95.6 Å². The van der Waals surface area contributed by atoms with E-state index < -0.39 is 11.5 Å². The Kier molecular flexibility index (Phi) is 4.46. The van der Waals surface area contributed by atoms with Crippen LogP contribution in [0.25, 0.3) is 0 Å². The zero-order valence-electron chi connectivity index (χ0n) is 9.48. The van der Waals surface area contributed by atoms with E-state index in [-0.39, 0.29) is 6.61 Å². The third kappa shape index (κ3) is 3.64. The van der Waals surface area contributed by atoms with E-state index in [4.69, 9.17) is 16.2 Å². The van der Waals surface area contributed by atoms with E-state index >= 15 is 0 Å². The minimum absolute atomic E-state index is 0.247. The van der Waals surface area contributed by atoms with Crippen molar-refractivity contribution in [1.29, 1.82) is 0 Å². The molecular formula is C12H18N2O2. The molecule has 0 fully saturated rings. The standard InChI is InChI=1S/C12H18N2O2/c1-12(14,7-8-13)11(15)16-9-10-5-3-2-4-6-10/h2-6H,7-9,13-14H2,1H3/t12-/m1/s1. The second-order valence-electron chi connectivity index (χ2n) is 4.02. The summed E-state index contributed by atoms with van der Waals surface area (Å²) in [5.41, 5.74) is 11.1. The zero-order chi connectivity index (χ0) is 12.0. The molecule has 1 aromatic carbocycles. The van der Waals surface area contributed by atoms with Crippen molar-refractivity contribution >= 4 is 5.97 Å². The summed E-state index contributed by atoms with van der Waals surface area (Å²) in [4.78, 5) is 11.6. The minimum Gasteiger partial charge on any atom is -0.459 e. The van der Waals surface area contributed by atoms with Crippen LogP contribution < -0.4 is 11.5 Å². The molecule has 0 aromatic heterocycles. The lowest BCUT2D eigenvalue weighted by Crippen LogP contribution is -2.47. The van der Waals surface area contributed by atoms with Crippen LogP contribution in [0.4, 0.5) is 0 Å². The molecule has 0 aliphatic carbocycles. The smallest absolute Gasteiger partial charge is 0.326 e. The highest BCUT2D eigenvalue weighted by Gasteiger charge is 2.28. The lowest BCUT2D eigenvalue weighted by Gasteiger charge is -2.21. The van der Waals surface area contributed by atoms with Gasteiger partial charge in [-0.3, -0.25) is 4.79 Å². The molecule has 0 aliphatic heterocycles. The Balaban J connectivity index is 2.47. The van der Waals surface area contributed by atoms with Crippen molar-refractivity contribution in [3.8, 4) is 0 Å². The van der Waals surface area contributed by atoms with Crippen LogP contribution in [0.2, 0.25) is 0 Å². The van der Waals surface area contributed by atoms with Crippen molar-refractivity contribution in [1.82, 2.24) is 0 Å². The number of hydrogen-bond donors (Lipinski definition) is 2. The van der Waals surface area contributed by atoms with Gasteiger partial charge in [0.1, 0.15) is 12.1 Å². The van der Waals surface area contributed by atoms with Crippen LogP contribution in [0.3, 0.4) is 0 Å². The normalized spacial score (nSPS) is 14.2. The van der Waals surface area contributed by atoms with Crippen molar-refractivity contribution in [3.63, 3.8) is 0 Å². The Morgan fingerprint density at radius 2 is 2.00 bits per heavy atom. The van der Waals surface area contributed by atoms with Crippen LogP contribution >= 0.6 is 0 Å². The van der Waals surface area contributed by atoms with Crippen molar-refractivity contribution in [2.45, 2.75) is 25.5 Å². The number of nitrogens with two attached hydrogens (primary N) is 2. The van der Waals surface area contributed by atoms with Gasteiger partial charge in [0.05, 0.1) is 0 Å². The van der Waals surface area contributed by atoms with Gasteiger partial charge in [-0.25, -0.2) is 0 Å². The molecular weight excluding hydrogens is 204 g/mol. The summed E-state index contributed by atoms with van der Waals surface area (Å²) in [6, 6.07) is 9.48. The summed E-state index contributed by atoms with van der Waals surface area (Å²) < 4.78 is 5.13. The summed E-state index contributed by atoms with van der Waals surface area (Å²) in [5, 5.41) is 0. The topological polar surface area (TPSA) is 78.3 Å². The number of carbonyl (C=O) groups excluding carboxylic acids is 1. The molecule has 4 nitrogen and oxygen atoms in total. The van der Waals surface area contributed by atoms with E-state index in [1.807, 2.05) is 30.3 Å². The largest absolute Gasteiger partial charge is 0.459 e. The SMILES string of the molecule is C[C@@](N)(CCN)C(=O)OCc1ccccc1. The van der Waals surface area contributed by atoms with Gasteiger partial charge in [-0.1, -0.05) is 30.3 Å². The first kappa shape index (κ1) is 12.7. The first-order valence-electron chi connectivity index (χ1n) is 5.26. The molecule has 0 saturated carbocycles. The van der Waals surface area contributed by atoms with E-state index in [0.717, 1.165) is 5.56 Å². The van der Waals surface area contributed by atoms with Crippen LogP contribution in [0.1, 0.15) is 18.9 Å². The average molecular weight is 222 g/mol. The van der Waals surface area contributed by atoms with Crippen LogP contribution in [0, 0.1) is 0 Å². The van der Waals surface area contributed by atoms with Gasteiger partial charge < -0.3 is 16.2 Å². The van der Waals surface area contributed by atoms with E-state index in [1.165, 1.54) is 0 Å². The van der Waals surface area contributed by atoms with Gasteiger partial charge in [-0.15, -0.1) is 0 Å². The Hall–Kier alpha value is -1.39. The molecule has 0 spiro atoms. The molecule has 0 heterocycles. The maximum absolute atomic E-state index is 11.6. The van der Waals surface area contributed by atoms with Gasteiger partial charge in [0, 0.05) is 0 Å². The number of esters is 1. The summed E-state index contributed by atoms with van der Waals surface area (Å²) in [5.74, 6) is -0.415. The van der Waals surface area contributed by atoms with Gasteiger partial charge in [-0.05, 0) is 25.5 Å². The van der Waals surface area contributed by atoms with Crippen molar-refractivity contribution in [2.75, 3.05) is 6.54 Å². The number of ether oxygens (including phenoxy) is 1. The van der Waals surface area contributed by atoms with Crippen LogP contribution in [0.5, 0.6) is 0 Å². The molecule has 0 aliphatic rings. The summed E-state index contributed by atoms with van der Waals surface area (Å²) in [7, 11) is 0. The lowest BCUT2D eigenvalue weighted by atomic mass is 10.00. The highest BCUT2D eigenvalue weighted by molar-refractivity contribution is 5.79. The summed E-state index contributed by atoms with van der Waals surface area (Å²) in [6.45, 7) is 2.25. The van der Waals surface area contributed by atoms with Crippen LogP contribution in [0.15, 0.2) is 30.3 Å². The van der Waals surface area contributed by atoms with Gasteiger partial charge >= 0.3 is 5.97 Å².